The number of sulfonamides is 1. The van der Waals surface area contributed by atoms with Gasteiger partial charge in [-0.15, -0.1) is 11.3 Å². The van der Waals surface area contributed by atoms with E-state index in [1.807, 2.05) is 19.1 Å². The first-order chi connectivity index (χ1) is 11.7. The van der Waals surface area contributed by atoms with E-state index in [1.165, 1.54) is 15.6 Å². The Hall–Kier alpha value is -1.71. The average molecular weight is 383 g/mol. The predicted molar refractivity (Wildman–Crippen MR) is 96.4 cm³/mol. The van der Waals surface area contributed by atoms with Crippen molar-refractivity contribution in [3.05, 3.63) is 33.3 Å². The van der Waals surface area contributed by atoms with Crippen molar-refractivity contribution in [3.8, 4) is 0 Å². The van der Waals surface area contributed by atoms with Gasteiger partial charge in [0.2, 0.25) is 10.0 Å². The minimum absolute atomic E-state index is 0.0242. The molecule has 0 atom stereocenters. The Balaban J connectivity index is 1.74. The van der Waals surface area contributed by atoms with Crippen LogP contribution in [0.25, 0.3) is 0 Å². The van der Waals surface area contributed by atoms with E-state index in [2.05, 4.69) is 5.10 Å². The van der Waals surface area contributed by atoms with E-state index in [0.29, 0.717) is 42.4 Å². The van der Waals surface area contributed by atoms with E-state index in [4.69, 9.17) is 0 Å². The van der Waals surface area contributed by atoms with Crippen LogP contribution >= 0.6 is 11.3 Å². The molecule has 3 heterocycles. The van der Waals surface area contributed by atoms with Crippen molar-refractivity contribution in [3.63, 3.8) is 0 Å². The molecule has 0 aliphatic carbocycles. The maximum Gasteiger partial charge on any atom is 0.264 e. The number of rotatable bonds is 3. The first-order valence-corrected chi connectivity index (χ1v) is 10.3. The third kappa shape index (κ3) is 3.23. The zero-order valence-corrected chi connectivity index (χ0v) is 16.4. The molecule has 0 bridgehead atoms. The van der Waals surface area contributed by atoms with Crippen molar-refractivity contribution in [2.24, 2.45) is 7.05 Å². The highest BCUT2D eigenvalue weighted by molar-refractivity contribution is 7.89. The maximum absolute atomic E-state index is 13.0. The molecule has 1 aliphatic rings. The van der Waals surface area contributed by atoms with E-state index in [-0.39, 0.29) is 10.8 Å². The highest BCUT2D eigenvalue weighted by Gasteiger charge is 2.34. The van der Waals surface area contributed by atoms with Gasteiger partial charge < -0.3 is 4.90 Å². The minimum atomic E-state index is -3.60. The van der Waals surface area contributed by atoms with Gasteiger partial charge in [-0.05, 0) is 32.9 Å². The summed E-state index contributed by atoms with van der Waals surface area (Å²) in [6, 6.07) is 3.75. The molecule has 7 nitrogen and oxygen atoms in total. The Kier molecular flexibility index (Phi) is 4.74. The summed E-state index contributed by atoms with van der Waals surface area (Å²) in [5, 5.41) is 4.20. The minimum Gasteiger partial charge on any atom is -0.335 e. The first kappa shape index (κ1) is 18.1. The van der Waals surface area contributed by atoms with Crippen LogP contribution in [0, 0.1) is 20.8 Å². The molecular weight excluding hydrogens is 360 g/mol. The lowest BCUT2D eigenvalue weighted by Crippen LogP contribution is -2.50. The van der Waals surface area contributed by atoms with Crippen LogP contribution in [0.15, 0.2) is 17.0 Å². The number of nitrogens with zero attached hydrogens (tertiary/aromatic N) is 4. The summed E-state index contributed by atoms with van der Waals surface area (Å²) in [4.78, 5) is 16.3. The molecule has 1 saturated heterocycles. The Labute approximate surface area is 151 Å². The van der Waals surface area contributed by atoms with Crippen molar-refractivity contribution in [2.45, 2.75) is 25.7 Å². The lowest BCUT2D eigenvalue weighted by molar-refractivity contribution is 0.0702. The molecule has 0 saturated carbocycles. The number of amides is 1. The molecule has 0 radical (unpaired) electrons. The van der Waals surface area contributed by atoms with Gasteiger partial charge in [-0.1, -0.05) is 0 Å². The third-order valence-electron chi connectivity index (χ3n) is 4.52. The van der Waals surface area contributed by atoms with Gasteiger partial charge in [-0.25, -0.2) is 8.42 Å². The fraction of sp³-hybridized carbons (Fsp3) is 0.500. The summed E-state index contributed by atoms with van der Waals surface area (Å²) in [6.45, 7) is 6.81. The smallest absolute Gasteiger partial charge is 0.264 e. The van der Waals surface area contributed by atoms with E-state index in [1.54, 1.807) is 30.5 Å². The Morgan fingerprint density at radius 1 is 1.12 bits per heavy atom. The molecule has 1 aliphatic heterocycles. The van der Waals surface area contributed by atoms with Crippen LogP contribution in [0.1, 0.15) is 25.9 Å². The van der Waals surface area contributed by atoms with Crippen LogP contribution < -0.4 is 0 Å². The van der Waals surface area contributed by atoms with Crippen LogP contribution in [-0.4, -0.2) is 59.5 Å². The van der Waals surface area contributed by atoms with Crippen molar-refractivity contribution >= 4 is 27.3 Å². The normalized spacial score (nSPS) is 16.4. The molecule has 0 unspecified atom stereocenters. The highest BCUT2D eigenvalue weighted by Crippen LogP contribution is 2.25. The van der Waals surface area contributed by atoms with Crippen molar-refractivity contribution in [1.29, 1.82) is 0 Å². The fourth-order valence-corrected chi connectivity index (χ4v) is 5.75. The van der Waals surface area contributed by atoms with Crippen molar-refractivity contribution < 1.29 is 13.2 Å². The van der Waals surface area contributed by atoms with Gasteiger partial charge in [0.1, 0.15) is 4.90 Å². The zero-order valence-electron chi connectivity index (χ0n) is 14.8. The molecular formula is C16H22N4O3S2. The van der Waals surface area contributed by atoms with Gasteiger partial charge in [-0.3, -0.25) is 9.48 Å². The number of aryl methyl sites for hydroxylation is 3. The fourth-order valence-electron chi connectivity index (χ4n) is 3.09. The number of aromatic nitrogens is 2. The van der Waals surface area contributed by atoms with Crippen LogP contribution in [-0.2, 0) is 17.1 Å². The largest absolute Gasteiger partial charge is 0.335 e. The summed E-state index contributed by atoms with van der Waals surface area (Å²) < 4.78 is 29.0. The number of hydrogen-bond acceptors (Lipinski definition) is 5. The first-order valence-electron chi connectivity index (χ1n) is 8.08. The number of hydrogen-bond donors (Lipinski definition) is 0. The summed E-state index contributed by atoms with van der Waals surface area (Å²) in [7, 11) is -1.86. The van der Waals surface area contributed by atoms with Crippen LogP contribution in [0.4, 0.5) is 0 Å². The van der Waals surface area contributed by atoms with Crippen molar-refractivity contribution in [2.75, 3.05) is 26.2 Å². The number of piperazine rings is 1. The van der Waals surface area contributed by atoms with Gasteiger partial charge in [-0.2, -0.15) is 9.40 Å². The Morgan fingerprint density at radius 2 is 1.76 bits per heavy atom. The standard InChI is InChI=1S/C16H22N4O3S2/c1-11-5-6-14(24-11)16(21)19-7-9-20(10-8-19)25(22,23)15-12(2)17-18(4)13(15)3/h5-6H,7-10H2,1-4H3. The van der Waals surface area contributed by atoms with Gasteiger partial charge in [0.05, 0.1) is 16.3 Å². The zero-order chi connectivity index (χ0) is 18.4. The van der Waals surface area contributed by atoms with E-state index < -0.39 is 10.0 Å². The number of carbonyl (C=O) groups excluding carboxylic acids is 1. The molecule has 1 fully saturated rings. The summed E-state index contributed by atoms with van der Waals surface area (Å²) in [6.07, 6.45) is 0. The highest BCUT2D eigenvalue weighted by atomic mass is 32.2. The van der Waals surface area contributed by atoms with E-state index >= 15 is 0 Å². The quantitative estimate of drug-likeness (QED) is 0.807. The molecule has 9 heteroatoms. The molecule has 3 rings (SSSR count). The maximum atomic E-state index is 13.0. The Morgan fingerprint density at radius 3 is 2.24 bits per heavy atom. The van der Waals surface area contributed by atoms with Gasteiger partial charge in [0.25, 0.3) is 5.91 Å². The summed E-state index contributed by atoms with van der Waals surface area (Å²) in [5.74, 6) is -0.0242. The second-order valence-electron chi connectivity index (χ2n) is 6.23. The number of carbonyl (C=O) groups is 1. The second kappa shape index (κ2) is 6.54. The topological polar surface area (TPSA) is 75.5 Å². The lowest BCUT2D eigenvalue weighted by Gasteiger charge is -2.33. The van der Waals surface area contributed by atoms with Gasteiger partial charge in [0, 0.05) is 38.1 Å². The number of thiophene rings is 1. The molecule has 1 amide bonds. The predicted octanol–water partition coefficient (Wildman–Crippen LogP) is 1.55. The molecule has 0 spiro atoms. The molecule has 136 valence electrons. The molecule has 0 aromatic carbocycles. The summed E-state index contributed by atoms with van der Waals surface area (Å²) in [5.41, 5.74) is 1.14. The molecule has 2 aromatic rings. The summed E-state index contributed by atoms with van der Waals surface area (Å²) >= 11 is 1.47. The average Bonchev–Trinajstić information content (AvgIpc) is 3.10. The van der Waals surface area contributed by atoms with Crippen LogP contribution in [0.3, 0.4) is 0 Å². The molecule has 25 heavy (non-hydrogen) atoms. The third-order valence-corrected chi connectivity index (χ3v) is 7.66. The van der Waals surface area contributed by atoms with E-state index in [9.17, 15) is 13.2 Å². The Bertz CT molecular complexity index is 906. The second-order valence-corrected chi connectivity index (χ2v) is 9.39. The molecule has 0 N–H and O–H groups in total. The van der Waals surface area contributed by atoms with Crippen LogP contribution in [0.5, 0.6) is 0 Å². The monoisotopic (exact) mass is 382 g/mol. The van der Waals surface area contributed by atoms with E-state index in [0.717, 1.165) is 4.88 Å². The van der Waals surface area contributed by atoms with Gasteiger partial charge >= 0.3 is 0 Å². The lowest BCUT2D eigenvalue weighted by atomic mass is 10.3. The SMILES string of the molecule is Cc1ccc(C(=O)N2CCN(S(=O)(=O)c3c(C)nn(C)c3C)CC2)s1. The molecule has 2 aromatic heterocycles. The van der Waals surface area contributed by atoms with Crippen molar-refractivity contribution in [1.82, 2.24) is 19.0 Å². The van der Waals surface area contributed by atoms with Crippen LogP contribution in [0.2, 0.25) is 0 Å². The van der Waals surface area contributed by atoms with Gasteiger partial charge in [0.15, 0.2) is 0 Å².